The summed E-state index contributed by atoms with van der Waals surface area (Å²) in [5.74, 6) is 0. The first kappa shape index (κ1) is 20.5. The van der Waals surface area contributed by atoms with Gasteiger partial charge in [0, 0.05) is 12.9 Å². The number of nitrogens with zero attached hydrogens (tertiary/aromatic N) is 1. The van der Waals surface area contributed by atoms with Crippen LogP contribution in [0.15, 0.2) is 35.3 Å². The van der Waals surface area contributed by atoms with Crippen LogP contribution in [0.4, 0.5) is 0 Å². The van der Waals surface area contributed by atoms with E-state index >= 15 is 0 Å². The summed E-state index contributed by atoms with van der Waals surface area (Å²) in [4.78, 5) is 3.59. The van der Waals surface area contributed by atoms with Crippen LogP contribution in [0.3, 0.4) is 0 Å². The summed E-state index contributed by atoms with van der Waals surface area (Å²) in [5.41, 5.74) is 1.32. The van der Waals surface area contributed by atoms with Crippen LogP contribution in [0.25, 0.3) is 0 Å². The normalized spacial score (nSPS) is 12.1. The zero-order valence-electron chi connectivity index (χ0n) is 12.8. The number of hydrogen-bond donors (Lipinski definition) is 2. The maximum absolute atomic E-state index is 5.50. The van der Waals surface area contributed by atoms with Crippen molar-refractivity contribution in [2.75, 3.05) is 19.6 Å². The second-order valence-electron chi connectivity index (χ2n) is 4.19. The molecule has 0 fully saturated rings. The Kier molecular flexibility index (Phi) is 16.5. The van der Waals surface area contributed by atoms with Gasteiger partial charge < -0.3 is 5.41 Å². The highest BCUT2D eigenvalue weighted by molar-refractivity contribution is 7.84. The first-order valence-corrected chi connectivity index (χ1v) is 7.33. The van der Waals surface area contributed by atoms with Gasteiger partial charge in [0.2, 0.25) is 0 Å². The van der Waals surface area contributed by atoms with Crippen LogP contribution in [0.5, 0.6) is 0 Å². The lowest BCUT2D eigenvalue weighted by atomic mass is 10.2. The second-order valence-corrected chi connectivity index (χ2v) is 4.68. The lowest BCUT2D eigenvalue weighted by Crippen LogP contribution is -2.28. The molecule has 0 amide bonds. The Morgan fingerprint density at radius 2 is 1.89 bits per heavy atom. The maximum Gasteiger partial charge on any atom is 0.0241 e. The molecule has 0 heterocycles. The maximum atomic E-state index is 5.50. The summed E-state index contributed by atoms with van der Waals surface area (Å²) in [6.45, 7) is 15.9. The van der Waals surface area contributed by atoms with Gasteiger partial charge in [-0.25, -0.2) is 0 Å². The summed E-state index contributed by atoms with van der Waals surface area (Å²) >= 11 is 4.51. The molecule has 0 aliphatic carbocycles. The van der Waals surface area contributed by atoms with Crippen LogP contribution in [-0.4, -0.2) is 31.3 Å². The van der Waals surface area contributed by atoms with E-state index in [2.05, 4.69) is 56.8 Å². The average molecular weight is 285 g/mol. The minimum absolute atomic E-state index is 0. The number of unbranched alkanes of at least 4 members (excludes halogenated alkanes) is 1. The van der Waals surface area contributed by atoms with E-state index in [-0.39, 0.29) is 1.43 Å². The molecule has 0 radical (unpaired) electrons. The van der Waals surface area contributed by atoms with Gasteiger partial charge in [0.25, 0.3) is 0 Å². The van der Waals surface area contributed by atoms with Crippen molar-refractivity contribution >= 4 is 19.3 Å². The van der Waals surface area contributed by atoms with Crippen molar-refractivity contribution in [1.29, 1.82) is 5.41 Å². The van der Waals surface area contributed by atoms with E-state index in [1.807, 2.05) is 13.0 Å². The fourth-order valence-corrected chi connectivity index (χ4v) is 1.99. The van der Waals surface area contributed by atoms with E-state index in [1.165, 1.54) is 18.4 Å². The molecule has 0 aliphatic heterocycles. The quantitative estimate of drug-likeness (QED) is 0.202. The largest absolute Gasteiger partial charge is 0.317 e. The van der Waals surface area contributed by atoms with Gasteiger partial charge in [-0.05, 0) is 58.5 Å². The van der Waals surface area contributed by atoms with E-state index in [0.29, 0.717) is 0 Å². The summed E-state index contributed by atoms with van der Waals surface area (Å²) < 4.78 is 0. The smallest absolute Gasteiger partial charge is 0.0241 e. The number of nitrogens with one attached hydrogen (secondary N) is 1. The van der Waals surface area contributed by atoms with Gasteiger partial charge in [-0.3, -0.25) is 4.90 Å². The molecule has 0 unspecified atom stereocenters. The SMILES string of the molecule is C=CCCCN(CCC)CC(=C/C)/C(S)=C\C.C=N.[HH]. The van der Waals surface area contributed by atoms with Crippen molar-refractivity contribution in [3.05, 3.63) is 35.3 Å². The van der Waals surface area contributed by atoms with Crippen molar-refractivity contribution < 1.29 is 1.43 Å². The minimum atomic E-state index is 0. The van der Waals surface area contributed by atoms with Crippen molar-refractivity contribution in [2.45, 2.75) is 40.0 Å². The molecule has 2 nitrogen and oxygen atoms in total. The molecule has 3 heteroatoms. The highest BCUT2D eigenvalue weighted by Gasteiger charge is 2.07. The fraction of sp³-hybridized carbons (Fsp3) is 0.562. The van der Waals surface area contributed by atoms with E-state index in [0.717, 1.165) is 31.0 Å². The molecule has 1 N–H and O–H groups in total. The number of hydrogen-bond acceptors (Lipinski definition) is 3. The molecule has 0 aromatic heterocycles. The Morgan fingerprint density at radius 1 is 1.26 bits per heavy atom. The minimum Gasteiger partial charge on any atom is -0.317 e. The first-order chi connectivity index (χ1) is 9.19. The Bertz CT molecular complexity index is 288. The van der Waals surface area contributed by atoms with Gasteiger partial charge in [0.05, 0.1) is 0 Å². The van der Waals surface area contributed by atoms with E-state index in [1.54, 1.807) is 0 Å². The van der Waals surface area contributed by atoms with Gasteiger partial charge in [-0.15, -0.1) is 19.2 Å². The molecule has 0 saturated heterocycles. The van der Waals surface area contributed by atoms with Gasteiger partial charge in [-0.1, -0.05) is 25.2 Å². The molecule has 0 spiro atoms. The summed E-state index contributed by atoms with van der Waals surface area (Å²) in [6, 6.07) is 0. The van der Waals surface area contributed by atoms with E-state index < -0.39 is 0 Å². The van der Waals surface area contributed by atoms with Crippen LogP contribution < -0.4 is 0 Å². The lowest BCUT2D eigenvalue weighted by molar-refractivity contribution is 0.295. The van der Waals surface area contributed by atoms with Crippen molar-refractivity contribution in [2.24, 2.45) is 0 Å². The van der Waals surface area contributed by atoms with E-state index in [4.69, 9.17) is 5.41 Å². The zero-order chi connectivity index (χ0) is 15.1. The monoisotopic (exact) mass is 284 g/mol. The molecule has 0 aromatic rings. The zero-order valence-corrected chi connectivity index (χ0v) is 13.7. The summed E-state index contributed by atoms with van der Waals surface area (Å²) in [6.07, 6.45) is 9.71. The van der Waals surface area contributed by atoms with Crippen molar-refractivity contribution in [3.63, 3.8) is 0 Å². The average Bonchev–Trinajstić information content (AvgIpc) is 2.46. The molecule has 0 aromatic carbocycles. The number of rotatable bonds is 9. The summed E-state index contributed by atoms with van der Waals surface area (Å²) in [7, 11) is 0. The first-order valence-electron chi connectivity index (χ1n) is 6.89. The van der Waals surface area contributed by atoms with Crippen LogP contribution >= 0.6 is 12.6 Å². The second kappa shape index (κ2) is 15.3. The molecule has 0 aliphatic rings. The predicted molar refractivity (Wildman–Crippen MR) is 94.6 cm³/mol. The van der Waals surface area contributed by atoms with Crippen molar-refractivity contribution in [1.82, 2.24) is 4.90 Å². The molecular weight excluding hydrogens is 252 g/mol. The highest BCUT2D eigenvalue weighted by Crippen LogP contribution is 2.16. The molecule has 112 valence electrons. The van der Waals surface area contributed by atoms with Crippen LogP contribution in [0.2, 0.25) is 0 Å². The molecule has 0 rings (SSSR count). The standard InChI is InChI=1S/C15H27NS.CH3N.H2/c1-5-9-10-12-16(11-6-2)13-14(7-3)15(17)8-4;1-2;/h5,7-8,17H,1,6,9-13H2,2-4H3;2H,1H2;1H/b14-7-,15-8+;;. The summed E-state index contributed by atoms with van der Waals surface area (Å²) in [5, 5.41) is 5.50. The fourth-order valence-electron chi connectivity index (χ4n) is 1.79. The molecule has 19 heavy (non-hydrogen) atoms. The van der Waals surface area contributed by atoms with Gasteiger partial charge in [0.15, 0.2) is 0 Å². The Labute approximate surface area is 126 Å². The highest BCUT2D eigenvalue weighted by atomic mass is 32.1. The Balaban J connectivity index is -0.000000916. The third-order valence-corrected chi connectivity index (χ3v) is 3.31. The lowest BCUT2D eigenvalue weighted by Gasteiger charge is -2.23. The third-order valence-electron chi connectivity index (χ3n) is 2.77. The molecule has 0 atom stereocenters. The topological polar surface area (TPSA) is 27.1 Å². The number of allylic oxidation sites excluding steroid dienone is 3. The van der Waals surface area contributed by atoms with Gasteiger partial charge in [-0.2, -0.15) is 0 Å². The van der Waals surface area contributed by atoms with Gasteiger partial charge >= 0.3 is 0 Å². The van der Waals surface area contributed by atoms with Crippen LogP contribution in [0, 0.1) is 5.41 Å². The van der Waals surface area contributed by atoms with Crippen LogP contribution in [0.1, 0.15) is 41.5 Å². The van der Waals surface area contributed by atoms with E-state index in [9.17, 15) is 0 Å². The predicted octanol–water partition coefficient (Wildman–Crippen LogP) is 4.96. The number of thiol groups is 1. The molecular formula is C16H32N2S. The molecule has 0 bridgehead atoms. The third kappa shape index (κ3) is 10.8. The van der Waals surface area contributed by atoms with Gasteiger partial charge in [0.1, 0.15) is 0 Å². The Hall–Kier alpha value is -0.800. The van der Waals surface area contributed by atoms with Crippen molar-refractivity contribution in [3.8, 4) is 0 Å². The van der Waals surface area contributed by atoms with Crippen LogP contribution in [-0.2, 0) is 0 Å². The Morgan fingerprint density at radius 3 is 2.32 bits per heavy atom. The molecule has 0 saturated carbocycles.